The largest absolute Gasteiger partial charge is 1.00 e. The molecule has 0 amide bonds. The molecule has 0 fully saturated rings. The van der Waals surface area contributed by atoms with Crippen LogP contribution in [0.15, 0.2) is 41.3 Å². The van der Waals surface area contributed by atoms with Gasteiger partial charge >= 0.3 is 51.4 Å². The summed E-state index contributed by atoms with van der Waals surface area (Å²) in [5.41, 5.74) is 1.13. The number of unbranched alkanes of at least 4 members (excludes halogenated alkanes) is 9. The molecule has 3 nitrogen and oxygen atoms in total. The predicted molar refractivity (Wildman–Crippen MR) is 107 cm³/mol. The van der Waals surface area contributed by atoms with Crippen molar-refractivity contribution in [3.63, 3.8) is 0 Å². The van der Waals surface area contributed by atoms with Crippen LogP contribution in [0.5, 0.6) is 0 Å². The molecule has 0 radical (unpaired) electrons. The molecule has 144 valence electrons. The third-order valence-corrected chi connectivity index (χ3v) is 5.94. The van der Waals surface area contributed by atoms with Crippen LogP contribution in [0, 0.1) is 0 Å². The molecule has 0 aliphatic rings. The molecule has 0 aliphatic heterocycles. The van der Waals surface area contributed by atoms with Crippen LogP contribution in [0.1, 0.15) is 76.7 Å². The summed E-state index contributed by atoms with van der Waals surface area (Å²) in [6, 6.07) is 10.6. The smallest absolute Gasteiger partial charge is 0.744 e. The van der Waals surface area contributed by atoms with E-state index in [-0.39, 0.29) is 56.3 Å². The summed E-state index contributed by atoms with van der Waals surface area (Å²) < 4.78 is 34.3. The van der Waals surface area contributed by atoms with E-state index >= 15 is 0 Å². The Bertz CT molecular complexity index is 787. The van der Waals surface area contributed by atoms with Crippen LogP contribution in [0.3, 0.4) is 0 Å². The molecular formula is C22H31KO3S. The fraction of sp³-hybridized carbons (Fsp3) is 0.545. The zero-order chi connectivity index (χ0) is 18.8. The summed E-state index contributed by atoms with van der Waals surface area (Å²) in [6.07, 6.45) is 13.9. The van der Waals surface area contributed by atoms with E-state index in [1.807, 2.05) is 18.2 Å². The fourth-order valence-electron chi connectivity index (χ4n) is 3.59. The Morgan fingerprint density at radius 2 is 1.26 bits per heavy atom. The van der Waals surface area contributed by atoms with Gasteiger partial charge in [0, 0.05) is 0 Å². The number of hydrogen-bond acceptors (Lipinski definition) is 3. The summed E-state index contributed by atoms with van der Waals surface area (Å²) in [4.78, 5) is -0.111. The minimum atomic E-state index is -4.44. The van der Waals surface area contributed by atoms with Crippen molar-refractivity contribution in [1.82, 2.24) is 0 Å². The monoisotopic (exact) mass is 414 g/mol. The molecule has 0 aliphatic carbocycles. The predicted octanol–water partition coefficient (Wildman–Crippen LogP) is 3.21. The van der Waals surface area contributed by atoms with E-state index in [0.717, 1.165) is 23.8 Å². The molecule has 0 unspecified atom stereocenters. The van der Waals surface area contributed by atoms with Gasteiger partial charge in [-0.05, 0) is 35.2 Å². The van der Waals surface area contributed by atoms with Crippen molar-refractivity contribution in [3.05, 3.63) is 42.0 Å². The maximum atomic E-state index is 11.4. The Kier molecular flexibility index (Phi) is 12.6. The van der Waals surface area contributed by atoms with Crippen molar-refractivity contribution < 1.29 is 64.4 Å². The van der Waals surface area contributed by atoms with Gasteiger partial charge in [-0.3, -0.25) is 0 Å². The van der Waals surface area contributed by atoms with Crippen LogP contribution in [0.2, 0.25) is 0 Å². The summed E-state index contributed by atoms with van der Waals surface area (Å²) in [6.45, 7) is 2.25. The van der Waals surface area contributed by atoms with E-state index in [1.54, 1.807) is 12.1 Å². The Hall–Kier alpha value is 0.246. The molecule has 2 aromatic carbocycles. The second-order valence-electron chi connectivity index (χ2n) is 7.15. The van der Waals surface area contributed by atoms with Gasteiger partial charge in [0.1, 0.15) is 10.1 Å². The first kappa shape index (κ1) is 25.3. The first-order valence-corrected chi connectivity index (χ1v) is 11.4. The van der Waals surface area contributed by atoms with Gasteiger partial charge in [0.15, 0.2) is 0 Å². The third-order valence-electron chi connectivity index (χ3n) is 5.04. The molecule has 0 bridgehead atoms. The van der Waals surface area contributed by atoms with Gasteiger partial charge in [-0.2, -0.15) is 0 Å². The van der Waals surface area contributed by atoms with E-state index in [4.69, 9.17) is 0 Å². The van der Waals surface area contributed by atoms with Crippen LogP contribution >= 0.6 is 0 Å². The van der Waals surface area contributed by atoms with Crippen LogP contribution in [-0.4, -0.2) is 13.0 Å². The molecule has 0 saturated carbocycles. The van der Waals surface area contributed by atoms with E-state index < -0.39 is 10.1 Å². The van der Waals surface area contributed by atoms with Crippen LogP contribution in [0.25, 0.3) is 10.8 Å². The van der Waals surface area contributed by atoms with Gasteiger partial charge in [0.05, 0.1) is 4.90 Å². The van der Waals surface area contributed by atoms with Crippen LogP contribution in [-0.2, 0) is 16.5 Å². The van der Waals surface area contributed by atoms with Crippen LogP contribution in [0.4, 0.5) is 0 Å². The molecule has 2 rings (SSSR count). The van der Waals surface area contributed by atoms with E-state index in [0.29, 0.717) is 5.39 Å². The average molecular weight is 415 g/mol. The van der Waals surface area contributed by atoms with Gasteiger partial charge in [0.2, 0.25) is 0 Å². The summed E-state index contributed by atoms with van der Waals surface area (Å²) >= 11 is 0. The summed E-state index contributed by atoms with van der Waals surface area (Å²) in [5, 5.41) is 1.44. The second-order valence-corrected chi connectivity index (χ2v) is 8.50. The quantitative estimate of drug-likeness (QED) is 0.304. The maximum Gasteiger partial charge on any atom is 1.00 e. The van der Waals surface area contributed by atoms with E-state index in [9.17, 15) is 13.0 Å². The third kappa shape index (κ3) is 8.65. The van der Waals surface area contributed by atoms with Gasteiger partial charge in [0.25, 0.3) is 0 Å². The first-order valence-electron chi connectivity index (χ1n) is 10.0. The number of rotatable bonds is 12. The van der Waals surface area contributed by atoms with Gasteiger partial charge in [-0.15, -0.1) is 0 Å². The Morgan fingerprint density at radius 3 is 1.85 bits per heavy atom. The van der Waals surface area contributed by atoms with E-state index in [1.165, 1.54) is 63.9 Å². The zero-order valence-corrected chi connectivity index (χ0v) is 20.8. The first-order chi connectivity index (χ1) is 12.5. The Morgan fingerprint density at radius 1 is 0.741 bits per heavy atom. The zero-order valence-electron chi connectivity index (χ0n) is 16.9. The number of hydrogen-bond donors (Lipinski definition) is 0. The van der Waals surface area contributed by atoms with Crippen molar-refractivity contribution in [3.8, 4) is 0 Å². The van der Waals surface area contributed by atoms with Crippen molar-refractivity contribution in [1.29, 1.82) is 0 Å². The normalized spacial score (nSPS) is 11.5. The molecule has 0 spiro atoms. The SMILES string of the molecule is CCCCCCCCCCCCc1cccc2c(S(=O)(=O)[O-])cccc12.[K+]. The minimum absolute atomic E-state index is 0. The number of benzene rings is 2. The Labute approximate surface area is 207 Å². The molecule has 27 heavy (non-hydrogen) atoms. The molecule has 0 heterocycles. The molecule has 0 aromatic heterocycles. The molecule has 0 saturated heterocycles. The topological polar surface area (TPSA) is 57.2 Å². The Balaban J connectivity index is 0.00000364. The molecule has 5 heteroatoms. The minimum Gasteiger partial charge on any atom is -0.744 e. The molecule has 0 N–H and O–H groups in total. The van der Waals surface area contributed by atoms with Crippen molar-refractivity contribution in [2.75, 3.05) is 0 Å². The number of aryl methyl sites for hydroxylation is 1. The number of fused-ring (bicyclic) bond motifs is 1. The van der Waals surface area contributed by atoms with Crippen LogP contribution < -0.4 is 51.4 Å². The van der Waals surface area contributed by atoms with Crippen molar-refractivity contribution in [2.45, 2.75) is 82.4 Å². The van der Waals surface area contributed by atoms with Gasteiger partial charge in [-0.25, -0.2) is 8.42 Å². The van der Waals surface area contributed by atoms with Crippen molar-refractivity contribution in [2.24, 2.45) is 0 Å². The molecule has 0 atom stereocenters. The van der Waals surface area contributed by atoms with Gasteiger partial charge < -0.3 is 4.55 Å². The second kappa shape index (κ2) is 13.5. The fourth-order valence-corrected chi connectivity index (χ4v) is 4.28. The summed E-state index contributed by atoms with van der Waals surface area (Å²) in [7, 11) is -4.44. The molecular weight excluding hydrogens is 383 g/mol. The standard InChI is InChI=1S/C22H32O3S.K/c1-2-3-4-5-6-7-8-9-10-11-14-19-15-12-17-21-20(19)16-13-18-22(21)26(23,24)25;/h12-13,15-18H,2-11,14H2,1H3,(H,23,24,25);/q;+1/p-1. The maximum absolute atomic E-state index is 11.4. The van der Waals surface area contributed by atoms with Gasteiger partial charge in [-0.1, -0.05) is 95.0 Å². The van der Waals surface area contributed by atoms with E-state index in [2.05, 4.69) is 6.92 Å². The summed E-state index contributed by atoms with van der Waals surface area (Å²) in [5.74, 6) is 0. The average Bonchev–Trinajstić information content (AvgIpc) is 2.62. The van der Waals surface area contributed by atoms with Crippen molar-refractivity contribution >= 4 is 20.9 Å². The molecule has 2 aromatic rings.